The van der Waals surface area contributed by atoms with E-state index in [1.807, 2.05) is 24.3 Å². The summed E-state index contributed by atoms with van der Waals surface area (Å²) in [5.41, 5.74) is 5.57. The van der Waals surface area contributed by atoms with Gasteiger partial charge in [-0.05, 0) is 48.0 Å². The number of rotatable bonds is 6. The van der Waals surface area contributed by atoms with Crippen LogP contribution in [0.5, 0.6) is 0 Å². The number of nitrogens with zero attached hydrogens (tertiary/aromatic N) is 3. The van der Waals surface area contributed by atoms with Crippen molar-refractivity contribution in [2.24, 2.45) is 0 Å². The molecule has 0 radical (unpaired) electrons. The minimum Gasteiger partial charge on any atom is -0.378 e. The Labute approximate surface area is 187 Å². The summed E-state index contributed by atoms with van der Waals surface area (Å²) in [4.78, 5) is 7.23. The zero-order valence-electron chi connectivity index (χ0n) is 17.3. The van der Waals surface area contributed by atoms with Gasteiger partial charge in [0.05, 0.1) is 30.8 Å². The minimum atomic E-state index is 0.635. The van der Waals surface area contributed by atoms with E-state index in [2.05, 4.69) is 63.3 Å². The smallest absolute Gasteiger partial charge is 0.129 e. The highest BCUT2D eigenvalue weighted by Gasteiger charge is 2.13. The molecule has 158 valence electrons. The lowest BCUT2D eigenvalue weighted by Gasteiger charge is -2.28. The third-order valence-corrected chi connectivity index (χ3v) is 5.90. The predicted molar refractivity (Wildman–Crippen MR) is 127 cm³/mol. The molecule has 0 amide bonds. The zero-order chi connectivity index (χ0) is 21.0. The molecule has 31 heavy (non-hydrogen) atoms. The summed E-state index contributed by atoms with van der Waals surface area (Å²) >= 11 is 6.22. The molecule has 4 aromatic rings. The Bertz CT molecular complexity index is 1150. The molecule has 5 rings (SSSR count). The normalized spacial score (nSPS) is 14.2. The quantitative estimate of drug-likeness (QED) is 0.455. The van der Waals surface area contributed by atoms with E-state index in [-0.39, 0.29) is 0 Å². The number of halogens is 1. The van der Waals surface area contributed by atoms with Gasteiger partial charge in [0.15, 0.2) is 0 Å². The van der Waals surface area contributed by atoms with Crippen molar-refractivity contribution >= 4 is 34.0 Å². The lowest BCUT2D eigenvalue weighted by atomic mass is 10.2. The molecule has 6 heteroatoms. The third kappa shape index (κ3) is 4.53. The van der Waals surface area contributed by atoms with Crippen LogP contribution in [0.2, 0.25) is 5.02 Å². The van der Waals surface area contributed by atoms with Crippen molar-refractivity contribution < 1.29 is 4.74 Å². The van der Waals surface area contributed by atoms with Crippen molar-refractivity contribution in [2.75, 3.05) is 36.5 Å². The van der Waals surface area contributed by atoms with E-state index in [0.29, 0.717) is 11.6 Å². The molecular weight excluding hydrogens is 408 g/mol. The second-order valence-electron chi connectivity index (χ2n) is 7.73. The molecule has 0 aliphatic carbocycles. The molecule has 0 unspecified atom stereocenters. The number of morpholine rings is 1. The first kappa shape index (κ1) is 19.9. The Morgan fingerprint density at radius 2 is 1.71 bits per heavy atom. The standard InChI is InChI=1S/C25H25ClN4O/c26-20-6-11-24-23(16-20)28-25(30(24)18-19-4-2-1-3-5-19)17-27-21-7-9-22(10-8-21)29-12-14-31-15-13-29/h1-11,16,27H,12-15,17-18H2. The summed E-state index contributed by atoms with van der Waals surface area (Å²) in [5.74, 6) is 0.985. The van der Waals surface area contributed by atoms with E-state index < -0.39 is 0 Å². The molecule has 0 spiro atoms. The summed E-state index contributed by atoms with van der Waals surface area (Å²) in [6.45, 7) is 4.88. The number of fused-ring (bicyclic) bond motifs is 1. The van der Waals surface area contributed by atoms with Gasteiger partial charge in [0, 0.05) is 36.0 Å². The SMILES string of the molecule is Clc1ccc2c(c1)nc(CNc1ccc(N3CCOCC3)cc1)n2Cc1ccccc1. The van der Waals surface area contributed by atoms with E-state index >= 15 is 0 Å². The average Bonchev–Trinajstić information content (AvgIpc) is 3.15. The van der Waals surface area contributed by atoms with E-state index in [1.54, 1.807) is 0 Å². The summed E-state index contributed by atoms with van der Waals surface area (Å²) < 4.78 is 7.71. The van der Waals surface area contributed by atoms with Crippen molar-refractivity contribution in [1.29, 1.82) is 0 Å². The first-order chi connectivity index (χ1) is 15.3. The zero-order valence-corrected chi connectivity index (χ0v) is 18.1. The van der Waals surface area contributed by atoms with Gasteiger partial charge in [0.2, 0.25) is 0 Å². The predicted octanol–water partition coefficient (Wildman–Crippen LogP) is 5.19. The van der Waals surface area contributed by atoms with E-state index in [4.69, 9.17) is 21.3 Å². The maximum Gasteiger partial charge on any atom is 0.129 e. The van der Waals surface area contributed by atoms with Crippen LogP contribution in [0.3, 0.4) is 0 Å². The number of hydrogen-bond acceptors (Lipinski definition) is 4. The van der Waals surface area contributed by atoms with E-state index in [0.717, 1.165) is 55.4 Å². The molecule has 1 fully saturated rings. The molecule has 3 aromatic carbocycles. The van der Waals surface area contributed by atoms with Crippen LogP contribution in [0, 0.1) is 0 Å². The van der Waals surface area contributed by atoms with Gasteiger partial charge in [-0.15, -0.1) is 0 Å². The first-order valence-corrected chi connectivity index (χ1v) is 11.0. The van der Waals surface area contributed by atoms with Crippen molar-refractivity contribution in [3.05, 3.63) is 89.2 Å². The molecule has 1 saturated heterocycles. The highest BCUT2D eigenvalue weighted by Crippen LogP contribution is 2.24. The molecule has 1 aliphatic heterocycles. The average molecular weight is 433 g/mol. The number of nitrogens with one attached hydrogen (secondary N) is 1. The van der Waals surface area contributed by atoms with Crippen molar-refractivity contribution in [1.82, 2.24) is 9.55 Å². The van der Waals surface area contributed by atoms with Gasteiger partial charge in [0.25, 0.3) is 0 Å². The Balaban J connectivity index is 1.36. The number of anilines is 2. The minimum absolute atomic E-state index is 0.635. The highest BCUT2D eigenvalue weighted by molar-refractivity contribution is 6.31. The molecule has 5 nitrogen and oxygen atoms in total. The molecular formula is C25H25ClN4O. The number of ether oxygens (including phenoxy) is 1. The van der Waals surface area contributed by atoms with E-state index in [9.17, 15) is 0 Å². The maximum atomic E-state index is 6.22. The Kier molecular flexibility index (Phi) is 5.78. The van der Waals surface area contributed by atoms with Crippen LogP contribution in [-0.2, 0) is 17.8 Å². The number of aromatic nitrogens is 2. The number of imidazole rings is 1. The highest BCUT2D eigenvalue weighted by atomic mass is 35.5. The van der Waals surface area contributed by atoms with Gasteiger partial charge in [-0.25, -0.2) is 4.98 Å². The second kappa shape index (κ2) is 9.00. The Morgan fingerprint density at radius 3 is 2.48 bits per heavy atom. The molecule has 2 heterocycles. The molecule has 1 aliphatic rings. The van der Waals surface area contributed by atoms with E-state index in [1.165, 1.54) is 11.3 Å². The monoisotopic (exact) mass is 432 g/mol. The van der Waals surface area contributed by atoms with Gasteiger partial charge in [-0.3, -0.25) is 0 Å². The Hall–Kier alpha value is -3.02. The topological polar surface area (TPSA) is 42.3 Å². The molecule has 0 atom stereocenters. The van der Waals surface area contributed by atoms with Gasteiger partial charge >= 0.3 is 0 Å². The van der Waals surface area contributed by atoms with Gasteiger partial charge in [-0.1, -0.05) is 41.9 Å². The summed E-state index contributed by atoms with van der Waals surface area (Å²) in [5, 5.41) is 4.24. The maximum absolute atomic E-state index is 6.22. The fourth-order valence-corrected chi connectivity index (χ4v) is 4.19. The van der Waals surface area contributed by atoms with Crippen LogP contribution in [-0.4, -0.2) is 35.9 Å². The molecule has 1 N–H and O–H groups in total. The summed E-state index contributed by atoms with van der Waals surface area (Å²) in [6.07, 6.45) is 0. The third-order valence-electron chi connectivity index (χ3n) is 5.67. The van der Waals surface area contributed by atoms with Crippen LogP contribution in [0.15, 0.2) is 72.8 Å². The number of hydrogen-bond donors (Lipinski definition) is 1. The fourth-order valence-electron chi connectivity index (χ4n) is 4.02. The lowest BCUT2D eigenvalue weighted by Crippen LogP contribution is -2.36. The van der Waals surface area contributed by atoms with Crippen LogP contribution < -0.4 is 10.2 Å². The van der Waals surface area contributed by atoms with Gasteiger partial charge in [0.1, 0.15) is 5.82 Å². The van der Waals surface area contributed by atoms with Crippen LogP contribution in [0.1, 0.15) is 11.4 Å². The van der Waals surface area contributed by atoms with Gasteiger partial charge < -0.3 is 19.5 Å². The molecule has 0 saturated carbocycles. The second-order valence-corrected chi connectivity index (χ2v) is 8.17. The largest absolute Gasteiger partial charge is 0.378 e. The van der Waals surface area contributed by atoms with Crippen molar-refractivity contribution in [3.63, 3.8) is 0 Å². The van der Waals surface area contributed by atoms with Gasteiger partial charge in [-0.2, -0.15) is 0 Å². The van der Waals surface area contributed by atoms with Crippen LogP contribution in [0.4, 0.5) is 11.4 Å². The molecule has 1 aromatic heterocycles. The fraction of sp³-hybridized carbons (Fsp3) is 0.240. The van der Waals surface area contributed by atoms with Crippen LogP contribution >= 0.6 is 11.6 Å². The lowest BCUT2D eigenvalue weighted by molar-refractivity contribution is 0.122. The summed E-state index contributed by atoms with van der Waals surface area (Å²) in [6, 6.07) is 25.0. The molecule has 0 bridgehead atoms. The van der Waals surface area contributed by atoms with Crippen molar-refractivity contribution in [2.45, 2.75) is 13.1 Å². The van der Waals surface area contributed by atoms with Crippen LogP contribution in [0.25, 0.3) is 11.0 Å². The summed E-state index contributed by atoms with van der Waals surface area (Å²) in [7, 11) is 0. The number of benzene rings is 3. The first-order valence-electron chi connectivity index (χ1n) is 10.6. The van der Waals surface area contributed by atoms with Crippen molar-refractivity contribution in [3.8, 4) is 0 Å². The Morgan fingerprint density at radius 1 is 0.935 bits per heavy atom.